The van der Waals surface area contributed by atoms with Gasteiger partial charge >= 0.3 is 0 Å². The molecule has 0 saturated heterocycles. The number of aryl methyl sites for hydroxylation is 2. The van der Waals surface area contributed by atoms with Crippen LogP contribution >= 0.6 is 11.6 Å². The van der Waals surface area contributed by atoms with E-state index < -0.39 is 6.10 Å². The van der Waals surface area contributed by atoms with Crippen molar-refractivity contribution in [3.8, 4) is 0 Å². The summed E-state index contributed by atoms with van der Waals surface area (Å²) < 4.78 is 6.93. The number of aliphatic hydroxyl groups excluding tert-OH is 1. The number of nitrogens with zero attached hydrogens (tertiary/aromatic N) is 2. The first-order chi connectivity index (χ1) is 7.88. The van der Waals surface area contributed by atoms with E-state index in [9.17, 15) is 5.11 Å². The normalized spacial score (nSPS) is 15.3. The SMILES string of the molecule is COC(C(C)C)C(O)Cc1c(C)nn(C)c1Cl. The maximum absolute atomic E-state index is 10.2. The minimum absolute atomic E-state index is 0.189. The Kier molecular flexibility index (Phi) is 4.98. The second-order valence-electron chi connectivity index (χ2n) is 4.69. The van der Waals surface area contributed by atoms with Gasteiger partial charge in [-0.15, -0.1) is 0 Å². The number of ether oxygens (including phenoxy) is 1. The Labute approximate surface area is 108 Å². The molecule has 0 aliphatic rings. The van der Waals surface area contributed by atoms with Crippen molar-refractivity contribution in [3.63, 3.8) is 0 Å². The second kappa shape index (κ2) is 5.85. The van der Waals surface area contributed by atoms with Crippen LogP contribution in [0.3, 0.4) is 0 Å². The Balaban J connectivity index is 2.83. The fourth-order valence-corrected chi connectivity index (χ4v) is 2.36. The van der Waals surface area contributed by atoms with Crippen LogP contribution in [0, 0.1) is 12.8 Å². The number of methoxy groups -OCH3 is 1. The number of aliphatic hydroxyl groups is 1. The van der Waals surface area contributed by atoms with Gasteiger partial charge in [0.15, 0.2) is 0 Å². The van der Waals surface area contributed by atoms with E-state index >= 15 is 0 Å². The van der Waals surface area contributed by atoms with Crippen molar-refractivity contribution in [2.45, 2.75) is 39.4 Å². The first-order valence-corrected chi connectivity index (χ1v) is 6.15. The third kappa shape index (κ3) is 3.21. The summed E-state index contributed by atoms with van der Waals surface area (Å²) in [4.78, 5) is 0. The fraction of sp³-hybridized carbons (Fsp3) is 0.750. The van der Waals surface area contributed by atoms with Crippen LogP contribution in [-0.2, 0) is 18.2 Å². The summed E-state index contributed by atoms with van der Waals surface area (Å²) in [6.07, 6.45) is -0.291. The van der Waals surface area contributed by atoms with E-state index in [0.717, 1.165) is 11.3 Å². The van der Waals surface area contributed by atoms with Crippen molar-refractivity contribution in [1.29, 1.82) is 0 Å². The van der Waals surface area contributed by atoms with E-state index in [4.69, 9.17) is 16.3 Å². The Hall–Kier alpha value is -0.580. The molecule has 17 heavy (non-hydrogen) atoms. The van der Waals surface area contributed by atoms with Gasteiger partial charge in [-0.3, -0.25) is 4.68 Å². The molecular weight excluding hydrogens is 240 g/mol. The molecule has 0 aliphatic heterocycles. The quantitative estimate of drug-likeness (QED) is 0.880. The third-order valence-corrected chi connectivity index (χ3v) is 3.46. The molecule has 0 spiro atoms. The molecule has 0 aliphatic carbocycles. The van der Waals surface area contributed by atoms with Gasteiger partial charge in [-0.05, 0) is 12.8 Å². The van der Waals surface area contributed by atoms with Crippen molar-refractivity contribution in [2.75, 3.05) is 7.11 Å². The standard InChI is InChI=1S/C12H21ClN2O2/c1-7(2)11(17-5)10(16)6-9-8(3)14-15(4)12(9)13/h7,10-11,16H,6H2,1-5H3. The molecule has 2 unspecified atom stereocenters. The number of hydrogen-bond acceptors (Lipinski definition) is 3. The van der Waals surface area contributed by atoms with Crippen molar-refractivity contribution in [3.05, 3.63) is 16.4 Å². The molecule has 98 valence electrons. The van der Waals surface area contributed by atoms with Crippen LogP contribution in [0.15, 0.2) is 0 Å². The van der Waals surface area contributed by atoms with Gasteiger partial charge in [0.2, 0.25) is 0 Å². The minimum Gasteiger partial charge on any atom is -0.390 e. The molecule has 0 amide bonds. The molecule has 1 aromatic heterocycles. The van der Waals surface area contributed by atoms with Crippen molar-refractivity contribution >= 4 is 11.6 Å². The summed E-state index contributed by atoms with van der Waals surface area (Å²) in [5.74, 6) is 0.255. The highest BCUT2D eigenvalue weighted by molar-refractivity contribution is 6.30. The summed E-state index contributed by atoms with van der Waals surface area (Å²) in [7, 11) is 3.41. The molecule has 1 rings (SSSR count). The molecule has 0 fully saturated rings. The summed E-state index contributed by atoms with van der Waals surface area (Å²) in [6, 6.07) is 0. The van der Waals surface area contributed by atoms with Gasteiger partial charge in [0.05, 0.1) is 17.9 Å². The molecule has 5 heteroatoms. The fourth-order valence-electron chi connectivity index (χ4n) is 2.10. The summed E-state index contributed by atoms with van der Waals surface area (Å²) >= 11 is 6.13. The smallest absolute Gasteiger partial charge is 0.130 e. The highest BCUT2D eigenvalue weighted by atomic mass is 35.5. The Morgan fingerprint density at radius 2 is 2.06 bits per heavy atom. The highest BCUT2D eigenvalue weighted by Crippen LogP contribution is 2.23. The Morgan fingerprint density at radius 1 is 1.47 bits per heavy atom. The van der Waals surface area contributed by atoms with Gasteiger partial charge in [-0.2, -0.15) is 5.10 Å². The molecule has 1 aromatic rings. The lowest BCUT2D eigenvalue weighted by Gasteiger charge is -2.24. The summed E-state index contributed by atoms with van der Waals surface area (Å²) in [6.45, 7) is 5.94. The van der Waals surface area contributed by atoms with E-state index in [1.54, 1.807) is 18.8 Å². The van der Waals surface area contributed by atoms with Crippen LogP contribution < -0.4 is 0 Å². The average molecular weight is 261 g/mol. The van der Waals surface area contributed by atoms with Gasteiger partial charge < -0.3 is 9.84 Å². The van der Waals surface area contributed by atoms with Gasteiger partial charge in [-0.25, -0.2) is 0 Å². The third-order valence-electron chi connectivity index (χ3n) is 2.99. The number of aromatic nitrogens is 2. The molecule has 0 bridgehead atoms. The van der Waals surface area contributed by atoms with Crippen LogP contribution in [0.4, 0.5) is 0 Å². The van der Waals surface area contributed by atoms with Crippen LogP contribution in [0.5, 0.6) is 0 Å². The monoisotopic (exact) mass is 260 g/mol. The Morgan fingerprint density at radius 3 is 2.41 bits per heavy atom. The number of hydrogen-bond donors (Lipinski definition) is 1. The van der Waals surface area contributed by atoms with Crippen molar-refractivity contribution < 1.29 is 9.84 Å². The van der Waals surface area contributed by atoms with Crippen molar-refractivity contribution in [2.24, 2.45) is 13.0 Å². The topological polar surface area (TPSA) is 47.3 Å². The largest absolute Gasteiger partial charge is 0.390 e. The molecule has 1 heterocycles. The lowest BCUT2D eigenvalue weighted by molar-refractivity contribution is -0.0368. The molecule has 0 aromatic carbocycles. The predicted molar refractivity (Wildman–Crippen MR) is 68.3 cm³/mol. The molecular formula is C12H21ClN2O2. The molecule has 2 atom stereocenters. The lowest BCUT2D eigenvalue weighted by Crippen LogP contribution is -2.34. The summed E-state index contributed by atoms with van der Waals surface area (Å²) in [5.41, 5.74) is 1.75. The first-order valence-electron chi connectivity index (χ1n) is 5.77. The first kappa shape index (κ1) is 14.5. The van der Waals surface area contributed by atoms with E-state index in [2.05, 4.69) is 5.10 Å². The van der Waals surface area contributed by atoms with Crippen LogP contribution in [0.25, 0.3) is 0 Å². The maximum atomic E-state index is 10.2. The lowest BCUT2D eigenvalue weighted by atomic mass is 9.96. The molecule has 4 nitrogen and oxygen atoms in total. The zero-order valence-electron chi connectivity index (χ0n) is 11.1. The predicted octanol–water partition coefficient (Wildman–Crippen LogP) is 1.96. The molecule has 0 radical (unpaired) electrons. The zero-order chi connectivity index (χ0) is 13.2. The average Bonchev–Trinajstić information content (AvgIpc) is 2.45. The van der Waals surface area contributed by atoms with Gasteiger partial charge in [-0.1, -0.05) is 25.4 Å². The van der Waals surface area contributed by atoms with Crippen LogP contribution in [0.2, 0.25) is 5.15 Å². The van der Waals surface area contributed by atoms with E-state index in [-0.39, 0.29) is 12.0 Å². The highest BCUT2D eigenvalue weighted by Gasteiger charge is 2.25. The zero-order valence-corrected chi connectivity index (χ0v) is 11.8. The summed E-state index contributed by atoms with van der Waals surface area (Å²) in [5, 5.41) is 15.0. The van der Waals surface area contributed by atoms with E-state index in [1.807, 2.05) is 20.8 Å². The Bertz CT molecular complexity index is 377. The minimum atomic E-state index is -0.569. The van der Waals surface area contributed by atoms with Gasteiger partial charge in [0, 0.05) is 26.1 Å². The van der Waals surface area contributed by atoms with Crippen LogP contribution in [-0.4, -0.2) is 34.2 Å². The second-order valence-corrected chi connectivity index (χ2v) is 5.05. The van der Waals surface area contributed by atoms with E-state index in [1.165, 1.54) is 0 Å². The molecule has 0 saturated carbocycles. The number of rotatable bonds is 5. The van der Waals surface area contributed by atoms with Crippen molar-refractivity contribution in [1.82, 2.24) is 9.78 Å². The maximum Gasteiger partial charge on any atom is 0.130 e. The van der Waals surface area contributed by atoms with Gasteiger partial charge in [0.1, 0.15) is 5.15 Å². The number of halogens is 1. The van der Waals surface area contributed by atoms with E-state index in [0.29, 0.717) is 11.6 Å². The van der Waals surface area contributed by atoms with Gasteiger partial charge in [0.25, 0.3) is 0 Å². The van der Waals surface area contributed by atoms with Crippen LogP contribution in [0.1, 0.15) is 25.1 Å². The molecule has 1 N–H and O–H groups in total.